The van der Waals surface area contributed by atoms with Gasteiger partial charge in [0.1, 0.15) is 12.2 Å². The number of nitrogens with zero attached hydrogens (tertiary/aromatic N) is 1. The van der Waals surface area contributed by atoms with Crippen molar-refractivity contribution < 1.29 is 47.7 Å². The van der Waals surface area contributed by atoms with Crippen LogP contribution in [0.2, 0.25) is 0 Å². The van der Waals surface area contributed by atoms with E-state index in [1.54, 1.807) is 0 Å². The van der Waals surface area contributed by atoms with Crippen molar-refractivity contribution in [2.75, 3.05) is 40.5 Å². The molecule has 0 spiro atoms. The minimum Gasteiger partial charge on any atom is -0.466 e. The van der Waals surface area contributed by atoms with Crippen LogP contribution in [0.5, 0.6) is 0 Å². The van der Waals surface area contributed by atoms with Gasteiger partial charge >= 0.3 is 29.8 Å². The van der Waals surface area contributed by atoms with Gasteiger partial charge in [0.2, 0.25) is 0 Å². The highest BCUT2D eigenvalue weighted by Gasteiger charge is 2.36. The third-order valence-electron chi connectivity index (χ3n) is 10.9. The van der Waals surface area contributed by atoms with E-state index in [-0.39, 0.29) is 92.5 Å². The molecule has 1 rings (SSSR count). The lowest BCUT2D eigenvalue weighted by Crippen LogP contribution is -2.25. The molecule has 56 heavy (non-hydrogen) atoms. The quantitative estimate of drug-likeness (QED) is 0.0345. The first-order valence-electron chi connectivity index (χ1n) is 22.5. The van der Waals surface area contributed by atoms with Crippen molar-refractivity contribution in [1.29, 1.82) is 0 Å². The zero-order valence-corrected chi connectivity index (χ0v) is 36.4. The number of hydrogen-bond donors (Lipinski definition) is 0. The predicted octanol–water partition coefficient (Wildman–Crippen LogP) is 9.70. The highest BCUT2D eigenvalue weighted by Crippen LogP contribution is 2.36. The fourth-order valence-corrected chi connectivity index (χ4v) is 7.19. The molecule has 11 nitrogen and oxygen atoms in total. The first-order chi connectivity index (χ1) is 27.0. The molecule has 0 radical (unpaired) electrons. The molecular formula is C45H81NO10. The second-order valence-corrected chi connectivity index (χ2v) is 16.4. The van der Waals surface area contributed by atoms with E-state index in [1.807, 2.05) is 25.9 Å². The van der Waals surface area contributed by atoms with Crippen LogP contribution in [0, 0.1) is 17.8 Å². The first-order valence-corrected chi connectivity index (χ1v) is 22.5. The molecule has 0 N–H and O–H groups in total. The third kappa shape index (κ3) is 27.0. The summed E-state index contributed by atoms with van der Waals surface area (Å²) in [5.41, 5.74) is 0. The second kappa shape index (κ2) is 33.3. The normalized spacial score (nSPS) is 17.2. The molecule has 1 fully saturated rings. The van der Waals surface area contributed by atoms with Crippen LogP contribution in [0.15, 0.2) is 0 Å². The van der Waals surface area contributed by atoms with Crippen LogP contribution >= 0.6 is 0 Å². The highest BCUT2D eigenvalue weighted by atomic mass is 16.6. The van der Waals surface area contributed by atoms with Crippen molar-refractivity contribution in [3.63, 3.8) is 0 Å². The van der Waals surface area contributed by atoms with E-state index >= 15 is 0 Å². The molecule has 1 aliphatic rings. The van der Waals surface area contributed by atoms with Crippen LogP contribution in [0.4, 0.5) is 0 Å². The molecule has 11 heteroatoms. The van der Waals surface area contributed by atoms with Crippen LogP contribution in [-0.4, -0.2) is 87.4 Å². The number of unbranched alkanes of at least 4 members (excludes halogenated alkanes) is 10. The Hall–Kier alpha value is -2.69. The Morgan fingerprint density at radius 1 is 0.571 bits per heavy atom. The van der Waals surface area contributed by atoms with Gasteiger partial charge in [-0.1, -0.05) is 91.9 Å². The molecule has 0 aromatic carbocycles. The number of ether oxygens (including phenoxy) is 5. The monoisotopic (exact) mass is 796 g/mol. The topological polar surface area (TPSA) is 135 Å². The summed E-state index contributed by atoms with van der Waals surface area (Å²) in [6, 6.07) is 0. The summed E-state index contributed by atoms with van der Waals surface area (Å²) in [5, 5.41) is 0. The van der Waals surface area contributed by atoms with E-state index in [0.29, 0.717) is 44.9 Å². The van der Waals surface area contributed by atoms with Crippen LogP contribution in [0.25, 0.3) is 0 Å². The van der Waals surface area contributed by atoms with Crippen LogP contribution in [-0.2, 0) is 47.7 Å². The number of carbonyl (C=O) groups is 5. The van der Waals surface area contributed by atoms with Crippen molar-refractivity contribution in [2.45, 2.75) is 200 Å². The van der Waals surface area contributed by atoms with E-state index in [1.165, 1.54) is 19.3 Å². The molecule has 1 saturated carbocycles. The fraction of sp³-hybridized carbons (Fsp3) is 0.889. The maximum Gasteiger partial charge on any atom is 0.306 e. The Labute approximate surface area is 340 Å². The Morgan fingerprint density at radius 3 is 1.73 bits per heavy atom. The van der Waals surface area contributed by atoms with Crippen molar-refractivity contribution in [2.24, 2.45) is 17.8 Å². The zero-order chi connectivity index (χ0) is 41.4. The van der Waals surface area contributed by atoms with E-state index in [4.69, 9.17) is 23.7 Å². The SMILES string of the molecule is CCCCCCCCC(CCOC(=O)CC1CCC(OC(=O)CCCN(C)C)C1C)OC(=O)CCCCC(COC(=O)CCCCC)COC(=O)CCCCC. The lowest BCUT2D eigenvalue weighted by atomic mass is 9.94. The Balaban J connectivity index is 2.58. The number of rotatable bonds is 35. The fourth-order valence-electron chi connectivity index (χ4n) is 7.19. The summed E-state index contributed by atoms with van der Waals surface area (Å²) in [4.78, 5) is 64.7. The molecule has 4 atom stereocenters. The van der Waals surface area contributed by atoms with Crippen LogP contribution in [0.1, 0.15) is 188 Å². The van der Waals surface area contributed by atoms with Gasteiger partial charge in [-0.25, -0.2) is 0 Å². The molecule has 1 aliphatic carbocycles. The summed E-state index contributed by atoms with van der Waals surface area (Å²) in [6.07, 6.45) is 19.1. The molecule has 326 valence electrons. The van der Waals surface area contributed by atoms with E-state index in [9.17, 15) is 24.0 Å². The Bertz CT molecular complexity index is 1040. The van der Waals surface area contributed by atoms with Gasteiger partial charge in [-0.05, 0) is 90.3 Å². The molecular weight excluding hydrogens is 714 g/mol. The molecule has 0 heterocycles. The van der Waals surface area contributed by atoms with Gasteiger partial charge in [0.15, 0.2) is 0 Å². The highest BCUT2D eigenvalue weighted by molar-refractivity contribution is 5.71. The molecule has 0 amide bonds. The summed E-state index contributed by atoms with van der Waals surface area (Å²) < 4.78 is 28.4. The zero-order valence-electron chi connectivity index (χ0n) is 36.4. The van der Waals surface area contributed by atoms with Gasteiger partial charge in [-0.2, -0.15) is 0 Å². The van der Waals surface area contributed by atoms with Gasteiger partial charge in [0, 0.05) is 44.4 Å². The minimum absolute atomic E-state index is 0.0909. The maximum atomic E-state index is 13.0. The van der Waals surface area contributed by atoms with Crippen molar-refractivity contribution in [3.8, 4) is 0 Å². The number of esters is 5. The average molecular weight is 796 g/mol. The smallest absolute Gasteiger partial charge is 0.306 e. The van der Waals surface area contributed by atoms with E-state index < -0.39 is 0 Å². The summed E-state index contributed by atoms with van der Waals surface area (Å²) in [5.74, 6) is -1.09. The van der Waals surface area contributed by atoms with Gasteiger partial charge < -0.3 is 28.6 Å². The maximum absolute atomic E-state index is 13.0. The lowest BCUT2D eigenvalue weighted by molar-refractivity contribution is -0.152. The lowest BCUT2D eigenvalue weighted by Gasteiger charge is -2.21. The first kappa shape index (κ1) is 51.3. The van der Waals surface area contributed by atoms with Crippen molar-refractivity contribution in [1.82, 2.24) is 4.90 Å². The van der Waals surface area contributed by atoms with Crippen LogP contribution in [0.3, 0.4) is 0 Å². The third-order valence-corrected chi connectivity index (χ3v) is 10.9. The number of hydrogen-bond acceptors (Lipinski definition) is 11. The van der Waals surface area contributed by atoms with Gasteiger partial charge in [0.05, 0.1) is 19.8 Å². The van der Waals surface area contributed by atoms with Gasteiger partial charge in [-0.3, -0.25) is 24.0 Å². The second-order valence-electron chi connectivity index (χ2n) is 16.4. The van der Waals surface area contributed by atoms with E-state index in [0.717, 1.165) is 90.0 Å². The molecule has 0 saturated heterocycles. The number of carbonyl (C=O) groups excluding carboxylic acids is 5. The predicted molar refractivity (Wildman–Crippen MR) is 220 cm³/mol. The molecule has 0 aromatic rings. The molecule has 0 bridgehead atoms. The molecule has 4 unspecified atom stereocenters. The van der Waals surface area contributed by atoms with Gasteiger partial charge in [0.25, 0.3) is 0 Å². The van der Waals surface area contributed by atoms with Gasteiger partial charge in [-0.15, -0.1) is 0 Å². The Morgan fingerprint density at radius 2 is 1.11 bits per heavy atom. The summed E-state index contributed by atoms with van der Waals surface area (Å²) >= 11 is 0. The molecule has 0 aliphatic heterocycles. The van der Waals surface area contributed by atoms with Crippen molar-refractivity contribution >= 4 is 29.8 Å². The standard InChI is InChI=1S/C45H81NO10/c1-7-10-13-14-15-18-23-39(30-32-52-45(51)33-38-28-29-40(36(38)4)56-44(50)27-21-31-46(5)6)55-43(49)26-20-19-22-37(34-53-41(47)24-16-11-8-2)35-54-42(48)25-17-12-9-3/h36-40H,7-35H2,1-6H3. The minimum atomic E-state index is -0.324. The molecule has 0 aromatic heterocycles. The average Bonchev–Trinajstić information content (AvgIpc) is 3.49. The van der Waals surface area contributed by atoms with Crippen LogP contribution < -0.4 is 0 Å². The Kier molecular flexibility index (Phi) is 30.5. The van der Waals surface area contributed by atoms with Crippen molar-refractivity contribution in [3.05, 3.63) is 0 Å². The summed E-state index contributed by atoms with van der Waals surface area (Å²) in [7, 11) is 3.96. The van der Waals surface area contributed by atoms with E-state index in [2.05, 4.69) is 20.8 Å². The summed E-state index contributed by atoms with van der Waals surface area (Å²) in [6.45, 7) is 9.84. The largest absolute Gasteiger partial charge is 0.466 e.